The fraction of sp³-hybridized carbons (Fsp3) is 0.235. The van der Waals surface area contributed by atoms with E-state index in [0.717, 1.165) is 22.2 Å². The Morgan fingerprint density at radius 3 is 2.78 bits per heavy atom. The molecule has 0 aliphatic carbocycles. The fourth-order valence-electron chi connectivity index (χ4n) is 2.41. The molecule has 2 heterocycles. The summed E-state index contributed by atoms with van der Waals surface area (Å²) in [5.41, 5.74) is 0.970. The van der Waals surface area contributed by atoms with Crippen LogP contribution in [0.3, 0.4) is 0 Å². The highest BCUT2D eigenvalue weighted by molar-refractivity contribution is 7.18. The molecule has 0 saturated carbocycles. The fourth-order valence-corrected chi connectivity index (χ4v) is 3.34. The Hall–Kier alpha value is -2.47. The smallest absolute Gasteiger partial charge is 0.326 e. The second kappa shape index (κ2) is 6.75. The lowest BCUT2D eigenvalue weighted by Crippen LogP contribution is -2.32. The maximum absolute atomic E-state index is 11.6. The van der Waals surface area contributed by atoms with E-state index in [-0.39, 0.29) is 0 Å². The molecule has 118 valence electrons. The van der Waals surface area contributed by atoms with Crippen LogP contribution in [0.1, 0.15) is 17.4 Å². The van der Waals surface area contributed by atoms with Crippen LogP contribution in [0.25, 0.3) is 10.2 Å². The second-order valence-electron chi connectivity index (χ2n) is 5.23. The first-order valence-electron chi connectivity index (χ1n) is 7.44. The Balaban J connectivity index is 1.88. The van der Waals surface area contributed by atoms with Gasteiger partial charge in [0, 0.05) is 11.3 Å². The molecule has 0 bridgehead atoms. The average Bonchev–Trinajstić information content (AvgIpc) is 2.99. The highest BCUT2D eigenvalue weighted by Gasteiger charge is 2.20. The Kier molecular flexibility index (Phi) is 4.52. The van der Waals surface area contributed by atoms with Crippen molar-refractivity contribution in [1.29, 1.82) is 0 Å². The third-order valence-corrected chi connectivity index (χ3v) is 4.81. The lowest BCUT2D eigenvalue weighted by molar-refractivity contribution is -0.137. The number of carboxylic acid groups (broad SMARTS) is 1. The van der Waals surface area contributed by atoms with Crippen LogP contribution in [0.4, 0.5) is 5.82 Å². The molecule has 2 aromatic heterocycles. The summed E-state index contributed by atoms with van der Waals surface area (Å²) in [4.78, 5) is 22.2. The third-order valence-electron chi connectivity index (χ3n) is 3.62. The van der Waals surface area contributed by atoms with Crippen LogP contribution in [0.2, 0.25) is 0 Å². The van der Waals surface area contributed by atoms with Crippen molar-refractivity contribution < 1.29 is 9.90 Å². The minimum Gasteiger partial charge on any atom is -0.480 e. The number of anilines is 1. The summed E-state index contributed by atoms with van der Waals surface area (Å²) in [6.45, 7) is 2.08. The SMILES string of the molecule is CCc1cc2c(N[C@@H](Cc3ccccc3)C(=O)O)ncnc2s1. The standard InChI is InChI=1S/C17H17N3O2S/c1-2-12-9-13-15(18-10-19-16(13)23-12)20-14(17(21)22)8-11-6-4-3-5-7-11/h3-7,9-10,14H,2,8H2,1H3,(H,21,22)(H,18,19,20)/t14-/m0/s1. The van der Waals surface area contributed by atoms with Crippen molar-refractivity contribution in [2.24, 2.45) is 0 Å². The van der Waals surface area contributed by atoms with Crippen molar-refractivity contribution in [2.45, 2.75) is 25.8 Å². The van der Waals surface area contributed by atoms with Gasteiger partial charge >= 0.3 is 5.97 Å². The largest absolute Gasteiger partial charge is 0.480 e. The van der Waals surface area contributed by atoms with Gasteiger partial charge in [-0.3, -0.25) is 0 Å². The summed E-state index contributed by atoms with van der Waals surface area (Å²) in [6, 6.07) is 10.9. The van der Waals surface area contributed by atoms with Gasteiger partial charge in [-0.2, -0.15) is 0 Å². The molecule has 0 aliphatic heterocycles. The molecule has 0 fully saturated rings. The van der Waals surface area contributed by atoms with Crippen LogP contribution in [-0.4, -0.2) is 27.1 Å². The molecule has 0 spiro atoms. The van der Waals surface area contributed by atoms with E-state index in [0.29, 0.717) is 12.2 Å². The van der Waals surface area contributed by atoms with Crippen LogP contribution in [-0.2, 0) is 17.6 Å². The number of rotatable bonds is 6. The van der Waals surface area contributed by atoms with Crippen molar-refractivity contribution in [3.05, 3.63) is 53.2 Å². The lowest BCUT2D eigenvalue weighted by Gasteiger charge is -2.15. The van der Waals surface area contributed by atoms with Crippen molar-refractivity contribution in [3.63, 3.8) is 0 Å². The molecule has 0 unspecified atom stereocenters. The van der Waals surface area contributed by atoms with Crippen molar-refractivity contribution in [1.82, 2.24) is 9.97 Å². The zero-order valence-corrected chi connectivity index (χ0v) is 13.5. The maximum Gasteiger partial charge on any atom is 0.326 e. The molecule has 3 rings (SSSR count). The number of thiophene rings is 1. The maximum atomic E-state index is 11.6. The predicted molar refractivity (Wildman–Crippen MR) is 92.0 cm³/mol. The number of fused-ring (bicyclic) bond motifs is 1. The summed E-state index contributed by atoms with van der Waals surface area (Å²) in [5, 5.41) is 13.5. The van der Waals surface area contributed by atoms with E-state index in [1.165, 1.54) is 11.2 Å². The molecule has 0 saturated heterocycles. The number of benzene rings is 1. The highest BCUT2D eigenvalue weighted by Crippen LogP contribution is 2.29. The number of aryl methyl sites for hydroxylation is 1. The molecule has 5 nitrogen and oxygen atoms in total. The normalized spacial score (nSPS) is 12.2. The molecule has 0 amide bonds. The first kappa shape index (κ1) is 15.4. The number of hydrogen-bond acceptors (Lipinski definition) is 5. The molecular formula is C17H17N3O2S. The number of nitrogens with zero attached hydrogens (tertiary/aromatic N) is 2. The van der Waals surface area contributed by atoms with Crippen LogP contribution in [0.5, 0.6) is 0 Å². The summed E-state index contributed by atoms with van der Waals surface area (Å²) in [7, 11) is 0. The van der Waals surface area contributed by atoms with Gasteiger partial charge in [-0.25, -0.2) is 14.8 Å². The van der Waals surface area contributed by atoms with Crippen LogP contribution < -0.4 is 5.32 Å². The lowest BCUT2D eigenvalue weighted by atomic mass is 10.1. The van der Waals surface area contributed by atoms with Gasteiger partial charge < -0.3 is 10.4 Å². The van der Waals surface area contributed by atoms with E-state index >= 15 is 0 Å². The molecule has 0 radical (unpaired) electrons. The van der Waals surface area contributed by atoms with Gasteiger partial charge in [-0.1, -0.05) is 37.3 Å². The van der Waals surface area contributed by atoms with Crippen molar-refractivity contribution >= 4 is 33.3 Å². The zero-order valence-electron chi connectivity index (χ0n) is 12.7. The van der Waals surface area contributed by atoms with Gasteiger partial charge in [0.05, 0.1) is 5.39 Å². The number of aliphatic carboxylic acids is 1. The third kappa shape index (κ3) is 3.48. The van der Waals surface area contributed by atoms with Gasteiger partial charge in [0.25, 0.3) is 0 Å². The Labute approximate surface area is 138 Å². The Morgan fingerprint density at radius 1 is 1.30 bits per heavy atom. The Bertz CT molecular complexity index is 817. The molecular weight excluding hydrogens is 310 g/mol. The van der Waals surface area contributed by atoms with E-state index in [4.69, 9.17) is 0 Å². The summed E-state index contributed by atoms with van der Waals surface area (Å²) in [6.07, 6.45) is 2.79. The molecule has 1 aromatic carbocycles. The number of carbonyl (C=O) groups is 1. The van der Waals surface area contributed by atoms with Gasteiger partial charge in [0.15, 0.2) is 0 Å². The summed E-state index contributed by atoms with van der Waals surface area (Å²) in [5.74, 6) is -0.319. The van der Waals surface area contributed by atoms with Crippen LogP contribution in [0, 0.1) is 0 Å². The van der Waals surface area contributed by atoms with Gasteiger partial charge in [-0.05, 0) is 18.1 Å². The van der Waals surface area contributed by atoms with Gasteiger partial charge in [-0.15, -0.1) is 11.3 Å². The van der Waals surface area contributed by atoms with Crippen molar-refractivity contribution in [2.75, 3.05) is 5.32 Å². The van der Waals surface area contributed by atoms with E-state index in [9.17, 15) is 9.90 Å². The number of carboxylic acids is 1. The minimum atomic E-state index is -0.897. The van der Waals surface area contributed by atoms with Crippen LogP contribution in [0.15, 0.2) is 42.7 Å². The number of aromatic nitrogens is 2. The molecule has 2 N–H and O–H groups in total. The zero-order chi connectivity index (χ0) is 16.2. The first-order valence-corrected chi connectivity index (χ1v) is 8.25. The van der Waals surface area contributed by atoms with Crippen LogP contribution >= 0.6 is 11.3 Å². The molecule has 6 heteroatoms. The first-order chi connectivity index (χ1) is 11.2. The summed E-state index contributed by atoms with van der Waals surface area (Å²) < 4.78 is 0. The topological polar surface area (TPSA) is 75.1 Å². The van der Waals surface area contributed by atoms with Gasteiger partial charge in [0.1, 0.15) is 23.0 Å². The van der Waals surface area contributed by atoms with E-state index in [1.807, 2.05) is 36.4 Å². The molecule has 0 aliphatic rings. The highest BCUT2D eigenvalue weighted by atomic mass is 32.1. The summed E-state index contributed by atoms with van der Waals surface area (Å²) >= 11 is 1.61. The number of hydrogen-bond donors (Lipinski definition) is 2. The second-order valence-corrected chi connectivity index (χ2v) is 6.35. The molecule has 3 aromatic rings. The molecule has 1 atom stereocenters. The minimum absolute atomic E-state index is 0.395. The van der Waals surface area contributed by atoms with E-state index < -0.39 is 12.0 Å². The molecule has 23 heavy (non-hydrogen) atoms. The number of nitrogens with one attached hydrogen (secondary N) is 1. The van der Waals surface area contributed by atoms with E-state index in [2.05, 4.69) is 22.2 Å². The Morgan fingerprint density at radius 2 is 2.09 bits per heavy atom. The monoisotopic (exact) mass is 327 g/mol. The quantitative estimate of drug-likeness (QED) is 0.726. The van der Waals surface area contributed by atoms with Gasteiger partial charge in [0.2, 0.25) is 0 Å². The van der Waals surface area contributed by atoms with Crippen molar-refractivity contribution in [3.8, 4) is 0 Å². The average molecular weight is 327 g/mol. The predicted octanol–water partition coefficient (Wildman–Crippen LogP) is 3.36. The van der Waals surface area contributed by atoms with E-state index in [1.54, 1.807) is 11.3 Å².